The Kier molecular flexibility index (Phi) is 5.79. The van der Waals surface area contributed by atoms with Crippen LogP contribution in [0.15, 0.2) is 36.4 Å². The minimum absolute atomic E-state index is 0.266. The lowest BCUT2D eigenvalue weighted by molar-refractivity contribution is 0.0727. The molecule has 2 rings (SSSR count). The molecule has 2 aromatic rings. The molecule has 0 amide bonds. The zero-order valence-electron chi connectivity index (χ0n) is 11.6. The molecule has 0 saturated heterocycles. The molecule has 4 nitrogen and oxygen atoms in total. The van der Waals surface area contributed by atoms with Crippen molar-refractivity contribution in [3.8, 4) is 11.5 Å². The molecule has 22 heavy (non-hydrogen) atoms. The lowest BCUT2D eigenvalue weighted by Gasteiger charge is -2.13. The highest BCUT2D eigenvalue weighted by Crippen LogP contribution is 2.34. The summed E-state index contributed by atoms with van der Waals surface area (Å²) in [5.74, 6) is 0.0400. The molecule has 0 aliphatic rings. The standard InChI is InChI=1S/C16H12ClIO4/c1-2-21-14-8-10(9-19)7-13(18)15(14)22-16(20)11-5-3-4-6-12(11)17/h3-9H,2H2,1H3. The lowest BCUT2D eigenvalue weighted by Crippen LogP contribution is -2.11. The van der Waals surface area contributed by atoms with Crippen molar-refractivity contribution in [1.29, 1.82) is 0 Å². The summed E-state index contributed by atoms with van der Waals surface area (Å²) >= 11 is 7.98. The number of carbonyl (C=O) groups excluding carboxylic acids is 2. The van der Waals surface area contributed by atoms with Crippen molar-refractivity contribution >= 4 is 46.4 Å². The van der Waals surface area contributed by atoms with Crippen LogP contribution in [0.1, 0.15) is 27.6 Å². The smallest absolute Gasteiger partial charge is 0.345 e. The van der Waals surface area contributed by atoms with Crippen molar-refractivity contribution < 1.29 is 19.1 Å². The van der Waals surface area contributed by atoms with Crippen LogP contribution < -0.4 is 9.47 Å². The van der Waals surface area contributed by atoms with Crippen molar-refractivity contribution in [2.45, 2.75) is 6.92 Å². The Morgan fingerprint density at radius 2 is 2.05 bits per heavy atom. The molecule has 0 aliphatic carbocycles. The van der Waals surface area contributed by atoms with E-state index >= 15 is 0 Å². The summed E-state index contributed by atoms with van der Waals surface area (Å²) in [7, 11) is 0. The molecule has 2 aromatic carbocycles. The number of hydrogen-bond acceptors (Lipinski definition) is 4. The van der Waals surface area contributed by atoms with Crippen LogP contribution in [-0.4, -0.2) is 18.9 Å². The first kappa shape index (κ1) is 16.8. The van der Waals surface area contributed by atoms with Gasteiger partial charge in [-0.05, 0) is 53.8 Å². The summed E-state index contributed by atoms with van der Waals surface area (Å²) in [5, 5.41) is 0.310. The molecule has 6 heteroatoms. The monoisotopic (exact) mass is 430 g/mol. The van der Waals surface area contributed by atoms with Gasteiger partial charge in [-0.25, -0.2) is 4.79 Å². The molecular formula is C16H12ClIO4. The zero-order chi connectivity index (χ0) is 16.1. The molecule has 0 radical (unpaired) electrons. The molecule has 0 unspecified atom stereocenters. The summed E-state index contributed by atoms with van der Waals surface area (Å²) in [6.45, 7) is 2.19. The van der Waals surface area contributed by atoms with Crippen molar-refractivity contribution in [2.24, 2.45) is 0 Å². The second-order valence-electron chi connectivity index (χ2n) is 4.25. The van der Waals surface area contributed by atoms with E-state index in [1.165, 1.54) is 6.07 Å². The molecule has 0 N–H and O–H groups in total. The van der Waals surface area contributed by atoms with Crippen LogP contribution in [-0.2, 0) is 0 Å². The molecule has 0 spiro atoms. The van der Waals surface area contributed by atoms with Gasteiger partial charge in [0.2, 0.25) is 0 Å². The number of benzene rings is 2. The molecule has 0 aromatic heterocycles. The average molecular weight is 431 g/mol. The van der Waals surface area contributed by atoms with Crippen LogP contribution in [0.25, 0.3) is 0 Å². The number of rotatable bonds is 5. The number of aldehydes is 1. The molecular weight excluding hydrogens is 419 g/mol. The third-order valence-corrected chi connectivity index (χ3v) is 3.89. The molecule has 0 bridgehead atoms. The second-order valence-corrected chi connectivity index (χ2v) is 5.82. The van der Waals surface area contributed by atoms with E-state index in [0.29, 0.717) is 32.8 Å². The van der Waals surface area contributed by atoms with E-state index in [-0.39, 0.29) is 11.3 Å². The summed E-state index contributed by atoms with van der Waals surface area (Å²) in [6, 6.07) is 9.78. The van der Waals surface area contributed by atoms with Crippen LogP contribution in [0.2, 0.25) is 5.02 Å². The predicted molar refractivity (Wildman–Crippen MR) is 92.1 cm³/mol. The van der Waals surface area contributed by atoms with Gasteiger partial charge in [0, 0.05) is 5.56 Å². The van der Waals surface area contributed by atoms with Gasteiger partial charge in [0.25, 0.3) is 0 Å². The lowest BCUT2D eigenvalue weighted by atomic mass is 10.2. The van der Waals surface area contributed by atoms with E-state index in [2.05, 4.69) is 0 Å². The second kappa shape index (κ2) is 7.60. The summed E-state index contributed by atoms with van der Waals surface area (Å²) in [4.78, 5) is 23.2. The van der Waals surface area contributed by atoms with Gasteiger partial charge in [-0.15, -0.1) is 0 Å². The number of hydrogen-bond donors (Lipinski definition) is 0. The van der Waals surface area contributed by atoms with Crippen LogP contribution in [0, 0.1) is 3.57 Å². The van der Waals surface area contributed by atoms with Gasteiger partial charge >= 0.3 is 5.97 Å². The van der Waals surface area contributed by atoms with E-state index in [1.54, 1.807) is 37.3 Å². The molecule has 0 heterocycles. The van der Waals surface area contributed by atoms with E-state index in [0.717, 1.165) is 0 Å². The molecule has 0 aliphatic heterocycles. The Morgan fingerprint density at radius 3 is 2.68 bits per heavy atom. The van der Waals surface area contributed by atoms with Crippen molar-refractivity contribution in [2.75, 3.05) is 6.61 Å². The SMILES string of the molecule is CCOc1cc(C=O)cc(I)c1OC(=O)c1ccccc1Cl. The summed E-state index contributed by atoms with van der Waals surface area (Å²) in [5.41, 5.74) is 0.715. The van der Waals surface area contributed by atoms with E-state index in [9.17, 15) is 9.59 Å². The fourth-order valence-corrected chi connectivity index (χ4v) is 2.74. The first-order valence-corrected chi connectivity index (χ1v) is 7.90. The van der Waals surface area contributed by atoms with Crippen LogP contribution in [0.3, 0.4) is 0 Å². The molecule has 114 valence electrons. The van der Waals surface area contributed by atoms with Crippen molar-refractivity contribution in [3.05, 3.63) is 56.1 Å². The Balaban J connectivity index is 2.38. The highest BCUT2D eigenvalue weighted by molar-refractivity contribution is 14.1. The van der Waals surface area contributed by atoms with Crippen LogP contribution >= 0.6 is 34.2 Å². The van der Waals surface area contributed by atoms with E-state index < -0.39 is 5.97 Å². The van der Waals surface area contributed by atoms with E-state index in [1.807, 2.05) is 22.6 Å². The maximum absolute atomic E-state index is 12.3. The fraction of sp³-hybridized carbons (Fsp3) is 0.125. The largest absolute Gasteiger partial charge is 0.490 e. The van der Waals surface area contributed by atoms with Crippen molar-refractivity contribution in [1.82, 2.24) is 0 Å². The zero-order valence-corrected chi connectivity index (χ0v) is 14.6. The van der Waals surface area contributed by atoms with E-state index in [4.69, 9.17) is 21.1 Å². The Morgan fingerprint density at radius 1 is 1.32 bits per heavy atom. The first-order valence-electron chi connectivity index (χ1n) is 6.45. The highest BCUT2D eigenvalue weighted by Gasteiger charge is 2.18. The molecule has 0 atom stereocenters. The van der Waals surface area contributed by atoms with Gasteiger partial charge in [0.1, 0.15) is 6.29 Å². The van der Waals surface area contributed by atoms with Gasteiger partial charge < -0.3 is 9.47 Å². The van der Waals surface area contributed by atoms with Gasteiger partial charge in [0.15, 0.2) is 11.5 Å². The number of esters is 1. The maximum atomic E-state index is 12.3. The third-order valence-electron chi connectivity index (χ3n) is 2.76. The Bertz CT molecular complexity index is 715. The predicted octanol–water partition coefficient (Wildman–Crippen LogP) is 4.38. The minimum Gasteiger partial charge on any atom is -0.490 e. The topological polar surface area (TPSA) is 52.6 Å². The van der Waals surface area contributed by atoms with Crippen molar-refractivity contribution in [3.63, 3.8) is 0 Å². The van der Waals surface area contributed by atoms with Gasteiger partial charge in [-0.3, -0.25) is 4.79 Å². The molecule has 0 fully saturated rings. The summed E-state index contributed by atoms with van der Waals surface area (Å²) in [6.07, 6.45) is 0.713. The fourth-order valence-electron chi connectivity index (χ4n) is 1.79. The summed E-state index contributed by atoms with van der Waals surface area (Å²) < 4.78 is 11.5. The van der Waals surface area contributed by atoms with Gasteiger partial charge in [0.05, 0.1) is 20.8 Å². The Labute approximate surface area is 146 Å². The average Bonchev–Trinajstić information content (AvgIpc) is 2.50. The number of ether oxygens (including phenoxy) is 2. The van der Waals surface area contributed by atoms with Crippen LogP contribution in [0.4, 0.5) is 0 Å². The molecule has 0 saturated carbocycles. The normalized spacial score (nSPS) is 10.1. The van der Waals surface area contributed by atoms with Gasteiger partial charge in [-0.1, -0.05) is 23.7 Å². The quantitative estimate of drug-likeness (QED) is 0.306. The van der Waals surface area contributed by atoms with Crippen LogP contribution in [0.5, 0.6) is 11.5 Å². The highest BCUT2D eigenvalue weighted by atomic mass is 127. The number of carbonyl (C=O) groups is 2. The Hall–Kier alpha value is -1.60. The van der Waals surface area contributed by atoms with Gasteiger partial charge in [-0.2, -0.15) is 0 Å². The first-order chi connectivity index (χ1) is 10.6. The maximum Gasteiger partial charge on any atom is 0.345 e. The minimum atomic E-state index is -0.580. The number of halogens is 2. The third kappa shape index (κ3) is 3.78.